The number of carbonyl (C=O) groups excluding carboxylic acids is 1. The Morgan fingerprint density at radius 1 is 1.38 bits per heavy atom. The fourth-order valence-corrected chi connectivity index (χ4v) is 3.09. The molecule has 1 unspecified atom stereocenters. The highest BCUT2D eigenvalue weighted by atomic mass is 32.1. The number of nitrogens with one attached hydrogen (secondary N) is 1. The molecular weight excluding hydrogens is 284 g/mol. The molecule has 0 fully saturated rings. The summed E-state index contributed by atoms with van der Waals surface area (Å²) < 4.78 is 4.66. The summed E-state index contributed by atoms with van der Waals surface area (Å²) in [6.45, 7) is 5.07. The molecule has 2 rings (SSSR count). The summed E-state index contributed by atoms with van der Waals surface area (Å²) in [5, 5.41) is 5.63. The molecule has 0 aliphatic carbocycles. The fraction of sp³-hybridized carbons (Fsp3) is 0.375. The van der Waals surface area contributed by atoms with Crippen LogP contribution in [-0.2, 0) is 11.3 Å². The Morgan fingerprint density at radius 3 is 2.71 bits per heavy atom. The van der Waals surface area contributed by atoms with Crippen LogP contribution in [0.4, 0.5) is 0 Å². The summed E-state index contributed by atoms with van der Waals surface area (Å²) >= 11 is 1.76. The monoisotopic (exact) mass is 304 g/mol. The molecule has 0 aromatic carbocycles. The van der Waals surface area contributed by atoms with Gasteiger partial charge in [0.2, 0.25) is 0 Å². The van der Waals surface area contributed by atoms with Crippen molar-refractivity contribution in [1.29, 1.82) is 0 Å². The second-order valence-electron chi connectivity index (χ2n) is 5.15. The van der Waals surface area contributed by atoms with Gasteiger partial charge in [-0.1, -0.05) is 19.9 Å². The second kappa shape index (κ2) is 7.33. The van der Waals surface area contributed by atoms with Crippen LogP contribution >= 0.6 is 11.3 Å². The van der Waals surface area contributed by atoms with Gasteiger partial charge >= 0.3 is 5.97 Å². The fourth-order valence-electron chi connectivity index (χ4n) is 2.12. The minimum Gasteiger partial charge on any atom is -0.465 e. The van der Waals surface area contributed by atoms with Crippen molar-refractivity contribution >= 4 is 17.3 Å². The Bertz CT molecular complexity index is 564. The molecule has 0 bridgehead atoms. The zero-order valence-electron chi connectivity index (χ0n) is 12.5. The number of aromatic nitrogens is 1. The minimum atomic E-state index is -0.361. The summed E-state index contributed by atoms with van der Waals surface area (Å²) in [5.74, 6) is 0.138. The quantitative estimate of drug-likeness (QED) is 0.831. The van der Waals surface area contributed by atoms with Crippen LogP contribution in [0.5, 0.6) is 0 Å². The minimum absolute atomic E-state index is 0.312. The van der Waals surface area contributed by atoms with Crippen molar-refractivity contribution in [1.82, 2.24) is 10.3 Å². The van der Waals surface area contributed by atoms with Crippen molar-refractivity contribution in [2.75, 3.05) is 7.11 Å². The topological polar surface area (TPSA) is 51.2 Å². The van der Waals surface area contributed by atoms with Crippen molar-refractivity contribution in [2.45, 2.75) is 26.4 Å². The summed E-state index contributed by atoms with van der Waals surface area (Å²) in [6.07, 6.45) is 1.55. The van der Waals surface area contributed by atoms with E-state index in [2.05, 4.69) is 46.4 Å². The lowest BCUT2D eigenvalue weighted by atomic mass is 10.0. The molecule has 1 atom stereocenters. The van der Waals surface area contributed by atoms with Gasteiger partial charge in [0.25, 0.3) is 0 Å². The summed E-state index contributed by atoms with van der Waals surface area (Å²) in [4.78, 5) is 17.0. The Labute approximate surface area is 129 Å². The predicted octanol–water partition coefficient (Wildman–Crippen LogP) is 3.42. The number of carbonyl (C=O) groups is 1. The number of ether oxygens (including phenoxy) is 1. The van der Waals surface area contributed by atoms with Gasteiger partial charge in [-0.2, -0.15) is 0 Å². The lowest BCUT2D eigenvalue weighted by Gasteiger charge is -2.21. The highest BCUT2D eigenvalue weighted by molar-refractivity contribution is 7.10. The van der Waals surface area contributed by atoms with E-state index in [0.717, 1.165) is 5.69 Å². The van der Waals surface area contributed by atoms with E-state index in [-0.39, 0.29) is 5.97 Å². The standard InChI is InChI=1S/C16H20N2O2S/c1-11(2)15(14-5-4-8-21-14)18-10-13-7-6-12(9-17-13)16(19)20-3/h4-9,11,15,18H,10H2,1-3H3. The van der Waals surface area contributed by atoms with E-state index in [1.807, 2.05) is 6.07 Å². The summed E-state index contributed by atoms with van der Waals surface area (Å²) in [7, 11) is 1.37. The molecule has 2 aromatic rings. The van der Waals surface area contributed by atoms with Gasteiger partial charge < -0.3 is 10.1 Å². The number of rotatable bonds is 6. The van der Waals surface area contributed by atoms with E-state index < -0.39 is 0 Å². The largest absolute Gasteiger partial charge is 0.465 e. The number of methoxy groups -OCH3 is 1. The number of thiophene rings is 1. The molecule has 1 N–H and O–H groups in total. The first-order valence-electron chi connectivity index (χ1n) is 6.92. The number of pyridine rings is 1. The number of hydrogen-bond donors (Lipinski definition) is 1. The average Bonchev–Trinajstić information content (AvgIpc) is 3.01. The molecule has 0 aliphatic heterocycles. The van der Waals surface area contributed by atoms with Crippen LogP contribution in [0, 0.1) is 5.92 Å². The molecule has 4 nitrogen and oxygen atoms in total. The van der Waals surface area contributed by atoms with Crippen LogP contribution in [0.25, 0.3) is 0 Å². The molecule has 21 heavy (non-hydrogen) atoms. The van der Waals surface area contributed by atoms with E-state index in [1.54, 1.807) is 23.6 Å². The molecular formula is C16H20N2O2S. The Morgan fingerprint density at radius 2 is 2.19 bits per heavy atom. The van der Waals surface area contributed by atoms with Crippen LogP contribution in [0.2, 0.25) is 0 Å². The molecule has 0 amide bonds. The Kier molecular flexibility index (Phi) is 5.47. The summed E-state index contributed by atoms with van der Waals surface area (Å²) in [5.41, 5.74) is 1.38. The number of nitrogens with zero attached hydrogens (tertiary/aromatic N) is 1. The Balaban J connectivity index is 1.99. The molecule has 0 saturated heterocycles. The first kappa shape index (κ1) is 15.7. The highest BCUT2D eigenvalue weighted by Crippen LogP contribution is 2.25. The molecule has 2 heterocycles. The third-order valence-electron chi connectivity index (χ3n) is 3.27. The lowest BCUT2D eigenvalue weighted by molar-refractivity contribution is 0.0600. The van der Waals surface area contributed by atoms with E-state index in [4.69, 9.17) is 0 Å². The SMILES string of the molecule is COC(=O)c1ccc(CNC(c2cccs2)C(C)C)nc1. The zero-order chi connectivity index (χ0) is 15.2. The van der Waals surface area contributed by atoms with Crippen molar-refractivity contribution in [2.24, 2.45) is 5.92 Å². The smallest absolute Gasteiger partial charge is 0.339 e. The third-order valence-corrected chi connectivity index (χ3v) is 4.22. The Hall–Kier alpha value is -1.72. The van der Waals surface area contributed by atoms with Gasteiger partial charge in [0.1, 0.15) is 0 Å². The second-order valence-corrected chi connectivity index (χ2v) is 6.13. The zero-order valence-corrected chi connectivity index (χ0v) is 13.3. The average molecular weight is 304 g/mol. The molecule has 0 saturated carbocycles. The van der Waals surface area contributed by atoms with Crippen LogP contribution in [0.3, 0.4) is 0 Å². The highest BCUT2D eigenvalue weighted by Gasteiger charge is 2.16. The van der Waals surface area contributed by atoms with Gasteiger partial charge in [-0.15, -0.1) is 11.3 Å². The van der Waals surface area contributed by atoms with E-state index in [9.17, 15) is 4.79 Å². The molecule has 112 valence electrons. The van der Waals surface area contributed by atoms with E-state index in [1.165, 1.54) is 12.0 Å². The van der Waals surface area contributed by atoms with Crippen LogP contribution < -0.4 is 5.32 Å². The maximum absolute atomic E-state index is 11.4. The van der Waals surface area contributed by atoms with Gasteiger partial charge in [0.15, 0.2) is 0 Å². The van der Waals surface area contributed by atoms with E-state index >= 15 is 0 Å². The first-order valence-corrected chi connectivity index (χ1v) is 7.79. The third kappa shape index (κ3) is 4.12. The van der Waals surface area contributed by atoms with Crippen molar-refractivity contribution in [3.05, 3.63) is 52.0 Å². The molecule has 0 radical (unpaired) electrons. The molecule has 0 spiro atoms. The molecule has 0 aliphatic rings. The summed E-state index contributed by atoms with van der Waals surface area (Å²) in [6, 6.07) is 8.12. The van der Waals surface area contributed by atoms with Crippen molar-refractivity contribution in [3.8, 4) is 0 Å². The van der Waals surface area contributed by atoms with E-state index in [0.29, 0.717) is 24.1 Å². The van der Waals surface area contributed by atoms with Gasteiger partial charge in [-0.3, -0.25) is 4.98 Å². The van der Waals surface area contributed by atoms with Crippen molar-refractivity contribution < 1.29 is 9.53 Å². The van der Waals surface area contributed by atoms with Crippen molar-refractivity contribution in [3.63, 3.8) is 0 Å². The predicted molar refractivity (Wildman–Crippen MR) is 84.3 cm³/mol. The normalized spacial score (nSPS) is 12.4. The lowest BCUT2D eigenvalue weighted by Crippen LogP contribution is -2.25. The van der Waals surface area contributed by atoms with Crippen LogP contribution in [0.1, 0.15) is 40.8 Å². The maximum atomic E-state index is 11.4. The maximum Gasteiger partial charge on any atom is 0.339 e. The molecule has 2 aromatic heterocycles. The number of esters is 1. The van der Waals surface area contributed by atoms with Gasteiger partial charge in [0.05, 0.1) is 18.4 Å². The number of hydrogen-bond acceptors (Lipinski definition) is 5. The first-order chi connectivity index (χ1) is 10.1. The molecule has 5 heteroatoms. The van der Waals surface area contributed by atoms with Gasteiger partial charge in [0, 0.05) is 23.7 Å². The van der Waals surface area contributed by atoms with Crippen LogP contribution in [-0.4, -0.2) is 18.1 Å². The van der Waals surface area contributed by atoms with Gasteiger partial charge in [-0.05, 0) is 29.5 Å². The van der Waals surface area contributed by atoms with Gasteiger partial charge in [-0.25, -0.2) is 4.79 Å². The van der Waals surface area contributed by atoms with Crippen LogP contribution in [0.15, 0.2) is 35.8 Å².